The summed E-state index contributed by atoms with van der Waals surface area (Å²) >= 11 is 0. The maximum atomic E-state index is 11.1. The molecule has 0 spiro atoms. The smallest absolute Gasteiger partial charge is 0.290 e. The standard InChI is InChI=1S/C14H23N3O2/c1-6-15-13(14(3,4)5)9-11-12(17(18)19)8-7-10(2)16-11/h7-8,13,15H,6,9H2,1-5H3. The zero-order valence-electron chi connectivity index (χ0n) is 12.4. The molecule has 5 heteroatoms. The van der Waals surface area contributed by atoms with E-state index in [-0.39, 0.29) is 22.1 Å². The first kappa shape index (κ1) is 15.6. The van der Waals surface area contributed by atoms with E-state index in [2.05, 4.69) is 31.1 Å². The van der Waals surface area contributed by atoms with Gasteiger partial charge in [0, 0.05) is 24.2 Å². The molecule has 0 saturated carbocycles. The summed E-state index contributed by atoms with van der Waals surface area (Å²) in [6.45, 7) is 11.1. The van der Waals surface area contributed by atoms with Gasteiger partial charge < -0.3 is 5.32 Å². The quantitative estimate of drug-likeness (QED) is 0.656. The van der Waals surface area contributed by atoms with E-state index in [4.69, 9.17) is 0 Å². The molecule has 0 aliphatic rings. The largest absolute Gasteiger partial charge is 0.313 e. The van der Waals surface area contributed by atoms with Gasteiger partial charge in [-0.1, -0.05) is 27.7 Å². The SMILES string of the molecule is CCNC(Cc1nc(C)ccc1[N+](=O)[O-])C(C)(C)C. The van der Waals surface area contributed by atoms with Gasteiger partial charge in [-0.05, 0) is 24.9 Å². The lowest BCUT2D eigenvalue weighted by atomic mass is 9.83. The Morgan fingerprint density at radius 1 is 1.42 bits per heavy atom. The van der Waals surface area contributed by atoms with Crippen LogP contribution in [0.3, 0.4) is 0 Å². The minimum atomic E-state index is -0.354. The van der Waals surface area contributed by atoms with Crippen molar-refractivity contribution in [3.05, 3.63) is 33.6 Å². The number of pyridine rings is 1. The first-order valence-electron chi connectivity index (χ1n) is 6.60. The van der Waals surface area contributed by atoms with E-state index in [1.54, 1.807) is 12.1 Å². The molecule has 0 fully saturated rings. The van der Waals surface area contributed by atoms with Crippen LogP contribution in [0.5, 0.6) is 0 Å². The van der Waals surface area contributed by atoms with Gasteiger partial charge in [0.2, 0.25) is 0 Å². The first-order valence-corrected chi connectivity index (χ1v) is 6.60. The Hall–Kier alpha value is -1.49. The van der Waals surface area contributed by atoms with Gasteiger partial charge >= 0.3 is 0 Å². The molecular weight excluding hydrogens is 242 g/mol. The lowest BCUT2D eigenvalue weighted by molar-refractivity contribution is -0.386. The van der Waals surface area contributed by atoms with Crippen molar-refractivity contribution in [1.82, 2.24) is 10.3 Å². The molecule has 0 bridgehead atoms. The Labute approximate surface area is 114 Å². The Morgan fingerprint density at radius 3 is 2.53 bits per heavy atom. The molecule has 0 aliphatic carbocycles. The fraction of sp³-hybridized carbons (Fsp3) is 0.643. The zero-order valence-corrected chi connectivity index (χ0v) is 12.4. The molecule has 0 amide bonds. The van der Waals surface area contributed by atoms with Crippen molar-refractivity contribution in [3.63, 3.8) is 0 Å². The van der Waals surface area contributed by atoms with Crippen LogP contribution in [0.1, 0.15) is 39.1 Å². The van der Waals surface area contributed by atoms with Crippen LogP contribution in [0.25, 0.3) is 0 Å². The number of likely N-dealkylation sites (N-methyl/N-ethyl adjacent to an activating group) is 1. The van der Waals surface area contributed by atoms with Gasteiger partial charge in [-0.25, -0.2) is 0 Å². The fourth-order valence-electron chi connectivity index (χ4n) is 2.04. The van der Waals surface area contributed by atoms with E-state index in [0.29, 0.717) is 12.1 Å². The predicted molar refractivity (Wildman–Crippen MR) is 76.3 cm³/mol. The highest BCUT2D eigenvalue weighted by molar-refractivity contribution is 5.36. The average Bonchev–Trinajstić information content (AvgIpc) is 2.26. The molecule has 5 nitrogen and oxygen atoms in total. The summed E-state index contributed by atoms with van der Waals surface area (Å²) in [6, 6.07) is 3.38. The molecule has 1 N–H and O–H groups in total. The van der Waals surface area contributed by atoms with Crippen LogP contribution in [0, 0.1) is 22.5 Å². The van der Waals surface area contributed by atoms with Crippen LogP contribution in [0.2, 0.25) is 0 Å². The van der Waals surface area contributed by atoms with E-state index in [9.17, 15) is 10.1 Å². The highest BCUT2D eigenvalue weighted by Gasteiger charge is 2.27. The summed E-state index contributed by atoms with van der Waals surface area (Å²) < 4.78 is 0. The van der Waals surface area contributed by atoms with E-state index in [0.717, 1.165) is 12.2 Å². The van der Waals surface area contributed by atoms with Gasteiger partial charge in [-0.3, -0.25) is 15.1 Å². The van der Waals surface area contributed by atoms with Crippen molar-refractivity contribution in [1.29, 1.82) is 0 Å². The molecule has 0 aliphatic heterocycles. The van der Waals surface area contributed by atoms with E-state index < -0.39 is 0 Å². The second kappa shape index (κ2) is 6.10. The first-order chi connectivity index (χ1) is 8.75. The third-order valence-electron chi connectivity index (χ3n) is 3.18. The van der Waals surface area contributed by atoms with Crippen LogP contribution in [0.4, 0.5) is 5.69 Å². The maximum Gasteiger partial charge on any atom is 0.290 e. The highest BCUT2D eigenvalue weighted by atomic mass is 16.6. The summed E-state index contributed by atoms with van der Waals surface area (Å²) in [5, 5.41) is 14.5. The summed E-state index contributed by atoms with van der Waals surface area (Å²) in [5.41, 5.74) is 1.50. The minimum absolute atomic E-state index is 0.0231. The molecule has 1 heterocycles. The molecule has 106 valence electrons. The van der Waals surface area contributed by atoms with Crippen molar-refractivity contribution in [2.75, 3.05) is 6.54 Å². The molecule has 1 unspecified atom stereocenters. The summed E-state index contributed by atoms with van der Waals surface area (Å²) in [4.78, 5) is 15.1. The Kier molecular flexibility index (Phi) is 5.00. The van der Waals surface area contributed by atoms with Crippen molar-refractivity contribution in [2.45, 2.75) is 47.1 Å². The number of aryl methyl sites for hydroxylation is 1. The van der Waals surface area contributed by atoms with Gasteiger partial charge in [-0.2, -0.15) is 0 Å². The molecule has 1 rings (SSSR count). The minimum Gasteiger partial charge on any atom is -0.313 e. The number of hydrogen-bond acceptors (Lipinski definition) is 4. The molecule has 1 aromatic heterocycles. The van der Waals surface area contributed by atoms with Crippen molar-refractivity contribution < 1.29 is 4.92 Å². The average molecular weight is 265 g/mol. The highest BCUT2D eigenvalue weighted by Crippen LogP contribution is 2.26. The Balaban J connectivity index is 3.08. The predicted octanol–water partition coefficient (Wildman–Crippen LogP) is 2.86. The van der Waals surface area contributed by atoms with Crippen LogP contribution in [-0.4, -0.2) is 22.5 Å². The van der Waals surface area contributed by atoms with Gasteiger partial charge in [0.25, 0.3) is 5.69 Å². The number of nitro groups is 1. The van der Waals surface area contributed by atoms with Gasteiger partial charge in [0.15, 0.2) is 0 Å². The van der Waals surface area contributed by atoms with Crippen LogP contribution >= 0.6 is 0 Å². The number of rotatable bonds is 5. The molecule has 0 saturated heterocycles. The number of nitrogens with one attached hydrogen (secondary N) is 1. The zero-order chi connectivity index (χ0) is 14.6. The number of hydrogen-bond donors (Lipinski definition) is 1. The monoisotopic (exact) mass is 265 g/mol. The van der Waals surface area contributed by atoms with Gasteiger partial charge in [-0.15, -0.1) is 0 Å². The summed E-state index contributed by atoms with van der Waals surface area (Å²) in [5.74, 6) is 0. The lowest BCUT2D eigenvalue weighted by Crippen LogP contribution is -2.42. The second-order valence-electron chi connectivity index (χ2n) is 5.86. The van der Waals surface area contributed by atoms with Gasteiger partial charge in [0.1, 0.15) is 5.69 Å². The maximum absolute atomic E-state index is 11.1. The molecule has 1 atom stereocenters. The Morgan fingerprint density at radius 2 is 2.05 bits per heavy atom. The number of nitrogens with zero attached hydrogens (tertiary/aromatic N) is 2. The molecule has 1 aromatic rings. The normalized spacial score (nSPS) is 13.3. The lowest BCUT2D eigenvalue weighted by Gasteiger charge is -2.31. The van der Waals surface area contributed by atoms with Crippen molar-refractivity contribution in [3.8, 4) is 0 Å². The van der Waals surface area contributed by atoms with Crippen LogP contribution in [0.15, 0.2) is 12.1 Å². The van der Waals surface area contributed by atoms with Gasteiger partial charge in [0.05, 0.1) is 4.92 Å². The van der Waals surface area contributed by atoms with E-state index in [1.165, 1.54) is 0 Å². The Bertz CT molecular complexity index is 452. The van der Waals surface area contributed by atoms with Crippen molar-refractivity contribution >= 4 is 5.69 Å². The van der Waals surface area contributed by atoms with E-state index >= 15 is 0 Å². The summed E-state index contributed by atoms with van der Waals surface area (Å²) in [7, 11) is 0. The van der Waals surface area contributed by atoms with Crippen molar-refractivity contribution in [2.24, 2.45) is 5.41 Å². The third kappa shape index (κ3) is 4.28. The molecular formula is C14H23N3O2. The number of aromatic nitrogens is 1. The topological polar surface area (TPSA) is 68.1 Å². The second-order valence-corrected chi connectivity index (χ2v) is 5.86. The summed E-state index contributed by atoms with van der Waals surface area (Å²) in [6.07, 6.45) is 0.565. The molecule has 19 heavy (non-hydrogen) atoms. The molecule has 0 aromatic carbocycles. The fourth-order valence-corrected chi connectivity index (χ4v) is 2.04. The van der Waals surface area contributed by atoms with E-state index in [1.807, 2.05) is 13.8 Å². The van der Waals surface area contributed by atoms with Crippen LogP contribution < -0.4 is 5.32 Å². The third-order valence-corrected chi connectivity index (χ3v) is 3.18. The molecule has 0 radical (unpaired) electrons. The van der Waals surface area contributed by atoms with Crippen LogP contribution in [-0.2, 0) is 6.42 Å².